The summed E-state index contributed by atoms with van der Waals surface area (Å²) in [5.74, 6) is 0.386. The SMILES string of the molecule is CN(C)C1(c2ccc(Cl)cc2)CCC(=O)CC1.Cl. The molecule has 100 valence electrons. The number of carbonyl (C=O) groups excluding carboxylic acids is 1. The summed E-state index contributed by atoms with van der Waals surface area (Å²) in [5, 5.41) is 0.759. The molecular formula is C14H19Cl2NO. The van der Waals surface area contributed by atoms with Crippen molar-refractivity contribution in [1.29, 1.82) is 0 Å². The first kappa shape index (κ1) is 15.5. The Morgan fingerprint density at radius 3 is 2.06 bits per heavy atom. The molecule has 1 saturated carbocycles. The lowest BCUT2D eigenvalue weighted by atomic mass is 9.75. The number of Topliss-reactive ketones (excluding diaryl/α,β-unsaturated/α-hetero) is 1. The summed E-state index contributed by atoms with van der Waals surface area (Å²) in [6.45, 7) is 0. The minimum absolute atomic E-state index is 0. The van der Waals surface area contributed by atoms with Crippen molar-refractivity contribution in [3.8, 4) is 0 Å². The van der Waals surface area contributed by atoms with E-state index in [4.69, 9.17) is 11.6 Å². The smallest absolute Gasteiger partial charge is 0.133 e. The van der Waals surface area contributed by atoms with Crippen molar-refractivity contribution in [2.45, 2.75) is 31.2 Å². The molecule has 1 aliphatic carbocycles. The molecule has 1 aromatic rings. The molecule has 2 rings (SSSR count). The fourth-order valence-electron chi connectivity index (χ4n) is 2.70. The van der Waals surface area contributed by atoms with Gasteiger partial charge in [-0.25, -0.2) is 0 Å². The summed E-state index contributed by atoms with van der Waals surface area (Å²) >= 11 is 5.93. The van der Waals surface area contributed by atoms with Crippen LogP contribution in [0.1, 0.15) is 31.2 Å². The number of nitrogens with zero attached hydrogens (tertiary/aromatic N) is 1. The van der Waals surface area contributed by atoms with Gasteiger partial charge >= 0.3 is 0 Å². The summed E-state index contributed by atoms with van der Waals surface area (Å²) in [7, 11) is 4.18. The van der Waals surface area contributed by atoms with E-state index in [1.807, 2.05) is 12.1 Å². The van der Waals surface area contributed by atoms with Crippen molar-refractivity contribution in [3.05, 3.63) is 34.9 Å². The van der Waals surface area contributed by atoms with Gasteiger partial charge in [-0.05, 0) is 44.6 Å². The summed E-state index contributed by atoms with van der Waals surface area (Å²) in [6, 6.07) is 8.02. The molecule has 0 atom stereocenters. The Kier molecular flexibility index (Phi) is 5.20. The molecule has 0 unspecified atom stereocenters. The number of halogens is 2. The molecule has 2 nitrogen and oxygen atoms in total. The molecule has 0 bridgehead atoms. The quantitative estimate of drug-likeness (QED) is 0.827. The van der Waals surface area contributed by atoms with Crippen LogP contribution in [0.5, 0.6) is 0 Å². The van der Waals surface area contributed by atoms with Gasteiger partial charge in [0.2, 0.25) is 0 Å². The lowest BCUT2D eigenvalue weighted by molar-refractivity contribution is -0.122. The largest absolute Gasteiger partial charge is 0.300 e. The van der Waals surface area contributed by atoms with Crippen molar-refractivity contribution in [2.75, 3.05) is 14.1 Å². The molecule has 1 aromatic carbocycles. The molecular weight excluding hydrogens is 269 g/mol. The van der Waals surface area contributed by atoms with Crippen molar-refractivity contribution < 1.29 is 4.79 Å². The van der Waals surface area contributed by atoms with Gasteiger partial charge in [-0.15, -0.1) is 12.4 Å². The monoisotopic (exact) mass is 287 g/mol. The molecule has 0 radical (unpaired) electrons. The first-order chi connectivity index (χ1) is 8.04. The number of rotatable bonds is 2. The number of hydrogen-bond acceptors (Lipinski definition) is 2. The zero-order chi connectivity index (χ0) is 12.5. The van der Waals surface area contributed by atoms with Crippen molar-refractivity contribution >= 4 is 29.8 Å². The molecule has 4 heteroatoms. The van der Waals surface area contributed by atoms with Gasteiger partial charge in [0.25, 0.3) is 0 Å². The lowest BCUT2D eigenvalue weighted by Crippen LogP contribution is -2.44. The maximum atomic E-state index is 11.4. The predicted octanol–water partition coefficient (Wildman–Crippen LogP) is 3.66. The van der Waals surface area contributed by atoms with Gasteiger partial charge in [0, 0.05) is 23.4 Å². The number of hydrogen-bond donors (Lipinski definition) is 0. The van der Waals surface area contributed by atoms with Crippen LogP contribution in [0.2, 0.25) is 5.02 Å². The Bertz CT molecular complexity index is 404. The first-order valence-electron chi connectivity index (χ1n) is 6.00. The van der Waals surface area contributed by atoms with E-state index in [0.29, 0.717) is 18.6 Å². The van der Waals surface area contributed by atoms with Crippen LogP contribution < -0.4 is 0 Å². The highest BCUT2D eigenvalue weighted by Crippen LogP contribution is 2.40. The average molecular weight is 288 g/mol. The first-order valence-corrected chi connectivity index (χ1v) is 6.37. The van der Waals surface area contributed by atoms with E-state index in [-0.39, 0.29) is 17.9 Å². The zero-order valence-electron chi connectivity index (χ0n) is 10.8. The maximum Gasteiger partial charge on any atom is 0.133 e. The Morgan fingerprint density at radius 1 is 1.11 bits per heavy atom. The van der Waals surface area contributed by atoms with E-state index in [2.05, 4.69) is 31.1 Å². The third kappa shape index (κ3) is 2.87. The predicted molar refractivity (Wildman–Crippen MR) is 77.5 cm³/mol. The van der Waals surface area contributed by atoms with Gasteiger partial charge in [0.1, 0.15) is 5.78 Å². The van der Waals surface area contributed by atoms with Crippen LogP contribution in [0.25, 0.3) is 0 Å². The molecule has 0 saturated heterocycles. The van der Waals surface area contributed by atoms with E-state index in [1.54, 1.807) is 0 Å². The van der Waals surface area contributed by atoms with E-state index in [1.165, 1.54) is 5.56 Å². The second-order valence-corrected chi connectivity index (χ2v) is 5.41. The van der Waals surface area contributed by atoms with Gasteiger partial charge in [-0.1, -0.05) is 23.7 Å². The molecule has 0 heterocycles. The second kappa shape index (κ2) is 6.05. The van der Waals surface area contributed by atoms with Crippen LogP contribution in [-0.2, 0) is 10.3 Å². The van der Waals surface area contributed by atoms with E-state index in [9.17, 15) is 4.79 Å². The minimum Gasteiger partial charge on any atom is -0.300 e. The fraction of sp³-hybridized carbons (Fsp3) is 0.500. The standard InChI is InChI=1S/C14H18ClNO.ClH/c1-16(2)14(9-7-13(17)8-10-14)11-3-5-12(15)6-4-11;/h3-6H,7-10H2,1-2H3;1H. The molecule has 1 aliphatic rings. The molecule has 18 heavy (non-hydrogen) atoms. The highest BCUT2D eigenvalue weighted by atomic mass is 35.5. The van der Waals surface area contributed by atoms with Crippen LogP contribution in [0.4, 0.5) is 0 Å². The fourth-order valence-corrected chi connectivity index (χ4v) is 2.82. The van der Waals surface area contributed by atoms with Crippen LogP contribution in [0, 0.1) is 0 Å². The topological polar surface area (TPSA) is 20.3 Å². The van der Waals surface area contributed by atoms with Crippen molar-refractivity contribution in [2.24, 2.45) is 0 Å². The highest BCUT2D eigenvalue weighted by molar-refractivity contribution is 6.30. The van der Waals surface area contributed by atoms with E-state index >= 15 is 0 Å². The molecule has 0 amide bonds. The number of ketones is 1. The van der Waals surface area contributed by atoms with Gasteiger partial charge in [0.05, 0.1) is 0 Å². The Labute approximate surface area is 120 Å². The third-order valence-corrected chi connectivity index (χ3v) is 4.12. The minimum atomic E-state index is -0.00149. The second-order valence-electron chi connectivity index (χ2n) is 4.97. The molecule has 0 aliphatic heterocycles. The molecule has 0 aromatic heterocycles. The lowest BCUT2D eigenvalue weighted by Gasteiger charge is -2.43. The van der Waals surface area contributed by atoms with Gasteiger partial charge in [-0.3, -0.25) is 9.69 Å². The van der Waals surface area contributed by atoms with Crippen LogP contribution in [0.15, 0.2) is 24.3 Å². The van der Waals surface area contributed by atoms with Gasteiger partial charge < -0.3 is 0 Å². The van der Waals surface area contributed by atoms with Gasteiger partial charge in [0.15, 0.2) is 0 Å². The zero-order valence-corrected chi connectivity index (χ0v) is 12.4. The average Bonchev–Trinajstić information content (AvgIpc) is 2.31. The number of carbonyl (C=O) groups is 1. The van der Waals surface area contributed by atoms with Crippen LogP contribution in [-0.4, -0.2) is 24.8 Å². The van der Waals surface area contributed by atoms with E-state index < -0.39 is 0 Å². The van der Waals surface area contributed by atoms with Crippen molar-refractivity contribution in [1.82, 2.24) is 4.90 Å². The summed E-state index contributed by atoms with van der Waals surface area (Å²) in [4.78, 5) is 13.7. The molecule has 0 N–H and O–H groups in total. The normalized spacial score (nSPS) is 18.6. The number of benzene rings is 1. The summed E-state index contributed by atoms with van der Waals surface area (Å²) in [5.41, 5.74) is 1.26. The third-order valence-electron chi connectivity index (χ3n) is 3.87. The molecule has 0 spiro atoms. The Morgan fingerprint density at radius 2 is 1.61 bits per heavy atom. The van der Waals surface area contributed by atoms with Crippen molar-refractivity contribution in [3.63, 3.8) is 0 Å². The Hall–Kier alpha value is -0.570. The summed E-state index contributed by atoms with van der Waals surface area (Å²) < 4.78 is 0. The Balaban J connectivity index is 0.00000162. The summed E-state index contributed by atoms with van der Waals surface area (Å²) in [6.07, 6.45) is 3.17. The van der Waals surface area contributed by atoms with Crippen LogP contribution in [0.3, 0.4) is 0 Å². The molecule has 1 fully saturated rings. The maximum absolute atomic E-state index is 11.4. The van der Waals surface area contributed by atoms with Gasteiger partial charge in [-0.2, -0.15) is 0 Å². The highest BCUT2D eigenvalue weighted by Gasteiger charge is 2.38. The van der Waals surface area contributed by atoms with Crippen LogP contribution >= 0.6 is 24.0 Å². The van der Waals surface area contributed by atoms with E-state index in [0.717, 1.165) is 17.9 Å².